The van der Waals surface area contributed by atoms with Crippen molar-refractivity contribution in [1.82, 2.24) is 0 Å². The van der Waals surface area contributed by atoms with Crippen molar-refractivity contribution in [3.8, 4) is 0 Å². The Morgan fingerprint density at radius 1 is 1.30 bits per heavy atom. The maximum atomic E-state index is 9.08. The molecule has 1 radical (unpaired) electrons. The van der Waals surface area contributed by atoms with Crippen LogP contribution in [0.5, 0.6) is 0 Å². The van der Waals surface area contributed by atoms with Crippen LogP contribution in [0.1, 0.15) is 33.1 Å². The van der Waals surface area contributed by atoms with Crippen LogP contribution in [0, 0.1) is 6.42 Å². The van der Waals surface area contributed by atoms with E-state index in [4.69, 9.17) is 10.2 Å². The summed E-state index contributed by atoms with van der Waals surface area (Å²) >= 11 is 0. The van der Waals surface area contributed by atoms with Gasteiger partial charge >= 0.3 is 0 Å². The Kier molecular flexibility index (Phi) is 5.64. The van der Waals surface area contributed by atoms with Gasteiger partial charge in [-0.1, -0.05) is 13.8 Å². The molecule has 0 aromatic carbocycles. The molecule has 2 N–H and O–H groups in total. The Morgan fingerprint density at radius 3 is 2.30 bits per heavy atom. The molecule has 61 valence electrons. The van der Waals surface area contributed by atoms with E-state index in [-0.39, 0.29) is 12.2 Å². The predicted octanol–water partition coefficient (Wildman–Crippen LogP) is 1.12. The fraction of sp³-hybridized carbons (Fsp3) is 0.875. The Bertz CT molecular complexity index is 63.7. The first kappa shape index (κ1) is 9.92. The summed E-state index contributed by atoms with van der Waals surface area (Å²) in [6, 6.07) is 0. The molecule has 0 aliphatic carbocycles. The molecule has 0 saturated heterocycles. The fourth-order valence-electron chi connectivity index (χ4n) is 0.734. The zero-order valence-corrected chi connectivity index (χ0v) is 6.75. The second kappa shape index (κ2) is 5.69. The first-order valence-electron chi connectivity index (χ1n) is 3.86. The minimum Gasteiger partial charge on any atom is -0.393 e. The Hall–Kier alpha value is -0.0800. The van der Waals surface area contributed by atoms with Crippen LogP contribution in [-0.2, 0) is 0 Å². The molecule has 0 aromatic heterocycles. The number of aliphatic hydroxyl groups is 2. The molecule has 0 heterocycles. The standard InChI is InChI=1S/C8H17O2/c1-3-7(9)5-6-8(10)4-2/h3,7-10H,4-6H2,1-2H3. The van der Waals surface area contributed by atoms with E-state index in [1.54, 1.807) is 6.42 Å². The van der Waals surface area contributed by atoms with Gasteiger partial charge in [-0.05, 0) is 25.7 Å². The van der Waals surface area contributed by atoms with Crippen LogP contribution in [0.4, 0.5) is 0 Å². The molecule has 0 aromatic rings. The molecule has 0 amide bonds. The van der Waals surface area contributed by atoms with Crippen molar-refractivity contribution in [1.29, 1.82) is 0 Å². The molecule has 0 fully saturated rings. The molecule has 0 spiro atoms. The lowest BCUT2D eigenvalue weighted by Crippen LogP contribution is -2.11. The SMILES string of the molecule is C[CH]C(O)CCC(O)CC. The number of aliphatic hydroxyl groups excluding tert-OH is 2. The lowest BCUT2D eigenvalue weighted by molar-refractivity contribution is 0.125. The quantitative estimate of drug-likeness (QED) is 0.608. The van der Waals surface area contributed by atoms with Gasteiger partial charge in [-0.25, -0.2) is 0 Å². The van der Waals surface area contributed by atoms with Crippen LogP contribution in [0.3, 0.4) is 0 Å². The van der Waals surface area contributed by atoms with Gasteiger partial charge in [0.05, 0.1) is 12.2 Å². The summed E-state index contributed by atoms with van der Waals surface area (Å²) in [5.41, 5.74) is 0. The van der Waals surface area contributed by atoms with E-state index >= 15 is 0 Å². The monoisotopic (exact) mass is 145 g/mol. The zero-order chi connectivity index (χ0) is 7.98. The molecule has 2 heteroatoms. The average Bonchev–Trinajstić information content (AvgIpc) is 1.99. The molecular formula is C8H17O2. The number of hydrogen-bond acceptors (Lipinski definition) is 2. The molecule has 0 saturated carbocycles. The largest absolute Gasteiger partial charge is 0.393 e. The second-order valence-corrected chi connectivity index (χ2v) is 2.54. The average molecular weight is 145 g/mol. The summed E-state index contributed by atoms with van der Waals surface area (Å²) in [6.45, 7) is 3.76. The van der Waals surface area contributed by atoms with E-state index in [9.17, 15) is 0 Å². The Morgan fingerprint density at radius 2 is 1.90 bits per heavy atom. The summed E-state index contributed by atoms with van der Waals surface area (Å²) in [4.78, 5) is 0. The highest BCUT2D eigenvalue weighted by atomic mass is 16.3. The van der Waals surface area contributed by atoms with Crippen molar-refractivity contribution >= 4 is 0 Å². The van der Waals surface area contributed by atoms with Crippen molar-refractivity contribution in [2.24, 2.45) is 0 Å². The smallest absolute Gasteiger partial charge is 0.0570 e. The van der Waals surface area contributed by atoms with Gasteiger partial charge in [0.2, 0.25) is 0 Å². The molecule has 2 nitrogen and oxygen atoms in total. The van der Waals surface area contributed by atoms with Crippen LogP contribution in [0.2, 0.25) is 0 Å². The van der Waals surface area contributed by atoms with Crippen LogP contribution in [-0.4, -0.2) is 22.4 Å². The van der Waals surface area contributed by atoms with E-state index < -0.39 is 0 Å². The fourth-order valence-corrected chi connectivity index (χ4v) is 0.734. The summed E-state index contributed by atoms with van der Waals surface area (Å²) in [6.07, 6.45) is 3.29. The lowest BCUT2D eigenvalue weighted by atomic mass is 10.1. The van der Waals surface area contributed by atoms with E-state index in [0.717, 1.165) is 6.42 Å². The maximum absolute atomic E-state index is 9.08. The van der Waals surface area contributed by atoms with Crippen molar-refractivity contribution in [2.75, 3.05) is 0 Å². The summed E-state index contributed by atoms with van der Waals surface area (Å²) in [7, 11) is 0. The van der Waals surface area contributed by atoms with Gasteiger partial charge in [-0.2, -0.15) is 0 Å². The Labute approximate surface area is 62.9 Å². The molecule has 2 atom stereocenters. The summed E-state index contributed by atoms with van der Waals surface area (Å²) < 4.78 is 0. The highest BCUT2D eigenvalue weighted by Gasteiger charge is 2.04. The second-order valence-electron chi connectivity index (χ2n) is 2.54. The predicted molar refractivity (Wildman–Crippen MR) is 41.5 cm³/mol. The number of hydrogen-bond donors (Lipinski definition) is 2. The number of rotatable bonds is 5. The summed E-state index contributed by atoms with van der Waals surface area (Å²) in [5, 5.41) is 18.1. The van der Waals surface area contributed by atoms with E-state index in [1.807, 2.05) is 13.8 Å². The van der Waals surface area contributed by atoms with Crippen molar-refractivity contribution in [3.05, 3.63) is 6.42 Å². The molecule has 10 heavy (non-hydrogen) atoms. The molecule has 0 rings (SSSR count). The molecular weight excluding hydrogens is 128 g/mol. The first-order valence-corrected chi connectivity index (χ1v) is 3.86. The van der Waals surface area contributed by atoms with Crippen molar-refractivity contribution < 1.29 is 10.2 Å². The molecule has 2 unspecified atom stereocenters. The third-order valence-corrected chi connectivity index (χ3v) is 1.65. The Balaban J connectivity index is 3.17. The van der Waals surface area contributed by atoms with Crippen molar-refractivity contribution in [2.45, 2.75) is 45.3 Å². The highest BCUT2D eigenvalue weighted by Crippen LogP contribution is 2.05. The van der Waals surface area contributed by atoms with Gasteiger partial charge in [-0.15, -0.1) is 0 Å². The van der Waals surface area contributed by atoms with Gasteiger partial charge in [0.15, 0.2) is 0 Å². The maximum Gasteiger partial charge on any atom is 0.0570 e. The van der Waals surface area contributed by atoms with Crippen LogP contribution in [0.25, 0.3) is 0 Å². The van der Waals surface area contributed by atoms with Gasteiger partial charge in [0.25, 0.3) is 0 Å². The third-order valence-electron chi connectivity index (χ3n) is 1.65. The van der Waals surface area contributed by atoms with Gasteiger partial charge in [-0.3, -0.25) is 0 Å². The summed E-state index contributed by atoms with van der Waals surface area (Å²) in [5.74, 6) is 0. The van der Waals surface area contributed by atoms with E-state index in [1.165, 1.54) is 0 Å². The molecule has 0 bridgehead atoms. The minimum absolute atomic E-state index is 0.241. The highest BCUT2D eigenvalue weighted by molar-refractivity contribution is 4.70. The first-order chi connectivity index (χ1) is 4.70. The van der Waals surface area contributed by atoms with Gasteiger partial charge < -0.3 is 10.2 Å². The van der Waals surface area contributed by atoms with Crippen LogP contribution < -0.4 is 0 Å². The van der Waals surface area contributed by atoms with Crippen molar-refractivity contribution in [3.63, 3.8) is 0 Å². The van der Waals surface area contributed by atoms with Crippen LogP contribution in [0.15, 0.2) is 0 Å². The molecule has 0 aliphatic heterocycles. The third kappa shape index (κ3) is 4.77. The van der Waals surface area contributed by atoms with Gasteiger partial charge in [0.1, 0.15) is 0 Å². The topological polar surface area (TPSA) is 40.5 Å². The van der Waals surface area contributed by atoms with Crippen LogP contribution >= 0.6 is 0 Å². The zero-order valence-electron chi connectivity index (χ0n) is 6.75. The lowest BCUT2D eigenvalue weighted by Gasteiger charge is -2.10. The molecule has 0 aliphatic rings. The normalized spacial score (nSPS) is 16.8. The minimum atomic E-state index is -0.346. The van der Waals surface area contributed by atoms with Gasteiger partial charge in [0, 0.05) is 0 Å². The van der Waals surface area contributed by atoms with E-state index in [2.05, 4.69) is 0 Å². The van der Waals surface area contributed by atoms with E-state index in [0.29, 0.717) is 12.8 Å².